The molecule has 0 aromatic rings. The standard InChI is InChI=1S/C10H17NO4/c1-7(12)11-9(6-10(13)14)8-2-4-15-5-3-8/h8-9H,2-6H2,1H3,(H,11,12)(H,13,14). The van der Waals surface area contributed by atoms with E-state index in [1.807, 2.05) is 0 Å². The van der Waals surface area contributed by atoms with Crippen LogP contribution in [0.1, 0.15) is 26.2 Å². The number of carboxylic acid groups (broad SMARTS) is 1. The summed E-state index contributed by atoms with van der Waals surface area (Å²) in [5.74, 6) is -0.827. The number of carbonyl (C=O) groups is 2. The van der Waals surface area contributed by atoms with E-state index in [0.29, 0.717) is 13.2 Å². The number of ether oxygens (including phenoxy) is 1. The highest BCUT2D eigenvalue weighted by Crippen LogP contribution is 2.20. The van der Waals surface area contributed by atoms with Crippen molar-refractivity contribution in [3.8, 4) is 0 Å². The van der Waals surface area contributed by atoms with Gasteiger partial charge in [0, 0.05) is 26.2 Å². The van der Waals surface area contributed by atoms with Gasteiger partial charge in [-0.05, 0) is 18.8 Å². The van der Waals surface area contributed by atoms with Crippen LogP contribution in [0.2, 0.25) is 0 Å². The molecular formula is C10H17NO4. The summed E-state index contributed by atoms with van der Waals surface area (Å²) in [4.78, 5) is 21.6. The second-order valence-electron chi connectivity index (χ2n) is 3.85. The zero-order chi connectivity index (χ0) is 11.3. The smallest absolute Gasteiger partial charge is 0.305 e. The van der Waals surface area contributed by atoms with Crippen LogP contribution in [0, 0.1) is 5.92 Å². The molecular weight excluding hydrogens is 198 g/mol. The van der Waals surface area contributed by atoms with Gasteiger partial charge < -0.3 is 15.2 Å². The summed E-state index contributed by atoms with van der Waals surface area (Å²) in [6.45, 7) is 2.72. The summed E-state index contributed by atoms with van der Waals surface area (Å²) in [5.41, 5.74) is 0. The summed E-state index contributed by atoms with van der Waals surface area (Å²) >= 11 is 0. The highest BCUT2D eigenvalue weighted by atomic mass is 16.5. The van der Waals surface area contributed by atoms with Crippen molar-refractivity contribution in [2.45, 2.75) is 32.2 Å². The van der Waals surface area contributed by atoms with Crippen LogP contribution in [0.5, 0.6) is 0 Å². The van der Waals surface area contributed by atoms with Crippen molar-refractivity contribution in [1.82, 2.24) is 5.32 Å². The number of hydrogen-bond donors (Lipinski definition) is 2. The molecule has 5 nitrogen and oxygen atoms in total. The Morgan fingerprint density at radius 3 is 2.53 bits per heavy atom. The van der Waals surface area contributed by atoms with E-state index in [1.165, 1.54) is 6.92 Å². The Kier molecular flexibility index (Phi) is 4.55. The Hall–Kier alpha value is -1.10. The minimum atomic E-state index is -0.875. The maximum absolute atomic E-state index is 10.9. The average Bonchev–Trinajstić information content (AvgIpc) is 2.17. The number of carbonyl (C=O) groups excluding carboxylic acids is 1. The number of rotatable bonds is 4. The molecule has 15 heavy (non-hydrogen) atoms. The van der Waals surface area contributed by atoms with Crippen LogP contribution in [0.4, 0.5) is 0 Å². The van der Waals surface area contributed by atoms with Crippen molar-refractivity contribution >= 4 is 11.9 Å². The fraction of sp³-hybridized carbons (Fsp3) is 0.800. The first kappa shape index (κ1) is 12.0. The first-order chi connectivity index (χ1) is 7.09. The molecule has 1 atom stereocenters. The Labute approximate surface area is 88.8 Å². The lowest BCUT2D eigenvalue weighted by molar-refractivity contribution is -0.138. The van der Waals surface area contributed by atoms with Gasteiger partial charge in [-0.1, -0.05) is 0 Å². The van der Waals surface area contributed by atoms with Gasteiger partial charge in [0.1, 0.15) is 0 Å². The van der Waals surface area contributed by atoms with E-state index < -0.39 is 5.97 Å². The highest BCUT2D eigenvalue weighted by Gasteiger charge is 2.26. The van der Waals surface area contributed by atoms with Crippen LogP contribution < -0.4 is 5.32 Å². The molecule has 1 aliphatic heterocycles. The van der Waals surface area contributed by atoms with Crippen molar-refractivity contribution in [2.24, 2.45) is 5.92 Å². The molecule has 0 bridgehead atoms. The summed E-state index contributed by atoms with van der Waals surface area (Å²) < 4.78 is 5.20. The van der Waals surface area contributed by atoms with Crippen molar-refractivity contribution in [3.05, 3.63) is 0 Å². The maximum atomic E-state index is 10.9. The summed E-state index contributed by atoms with van der Waals surface area (Å²) in [5, 5.41) is 11.5. The van der Waals surface area contributed by atoms with Crippen molar-refractivity contribution in [3.63, 3.8) is 0 Å². The van der Waals surface area contributed by atoms with Crippen LogP contribution >= 0.6 is 0 Å². The monoisotopic (exact) mass is 215 g/mol. The minimum Gasteiger partial charge on any atom is -0.481 e. The summed E-state index contributed by atoms with van der Waals surface area (Å²) in [7, 11) is 0. The Bertz CT molecular complexity index is 220. The largest absolute Gasteiger partial charge is 0.481 e. The molecule has 1 fully saturated rings. The van der Waals surface area contributed by atoms with E-state index >= 15 is 0 Å². The molecule has 0 aliphatic carbocycles. The minimum absolute atomic E-state index is 0.00968. The number of carboxylic acids is 1. The third-order valence-corrected chi connectivity index (χ3v) is 2.62. The Morgan fingerprint density at radius 1 is 1.47 bits per heavy atom. The first-order valence-electron chi connectivity index (χ1n) is 5.16. The predicted octanol–water partition coefficient (Wildman–Crippen LogP) is 0.392. The lowest BCUT2D eigenvalue weighted by atomic mass is 9.89. The van der Waals surface area contributed by atoms with Gasteiger partial charge >= 0.3 is 5.97 Å². The molecule has 0 saturated carbocycles. The number of nitrogens with one attached hydrogen (secondary N) is 1. The highest BCUT2D eigenvalue weighted by molar-refractivity contribution is 5.75. The number of aliphatic carboxylic acids is 1. The molecule has 0 aromatic carbocycles. The Morgan fingerprint density at radius 2 is 2.07 bits per heavy atom. The lowest BCUT2D eigenvalue weighted by Gasteiger charge is -2.29. The SMILES string of the molecule is CC(=O)NC(CC(=O)O)C1CCOCC1. The van der Waals surface area contributed by atoms with Gasteiger partial charge in [0.15, 0.2) is 0 Å². The molecule has 2 N–H and O–H groups in total. The molecule has 1 aliphatic rings. The molecule has 0 spiro atoms. The third kappa shape index (κ3) is 4.29. The molecule has 0 aromatic heterocycles. The maximum Gasteiger partial charge on any atom is 0.305 e. The topological polar surface area (TPSA) is 75.6 Å². The summed E-state index contributed by atoms with van der Waals surface area (Å²) in [6, 6.07) is -0.260. The van der Waals surface area contributed by atoms with Crippen molar-refractivity contribution in [1.29, 1.82) is 0 Å². The molecule has 1 saturated heterocycles. The van der Waals surface area contributed by atoms with E-state index in [4.69, 9.17) is 9.84 Å². The lowest BCUT2D eigenvalue weighted by Crippen LogP contribution is -2.42. The normalized spacial score (nSPS) is 19.5. The van der Waals surface area contributed by atoms with Crippen LogP contribution in [0.25, 0.3) is 0 Å². The van der Waals surface area contributed by atoms with Crippen LogP contribution in [0.15, 0.2) is 0 Å². The molecule has 1 heterocycles. The molecule has 1 amide bonds. The van der Waals surface area contributed by atoms with Gasteiger partial charge in [-0.2, -0.15) is 0 Å². The van der Waals surface area contributed by atoms with Gasteiger partial charge in [-0.15, -0.1) is 0 Å². The van der Waals surface area contributed by atoms with Gasteiger partial charge in [-0.25, -0.2) is 0 Å². The van der Waals surface area contributed by atoms with Gasteiger partial charge in [-0.3, -0.25) is 9.59 Å². The second-order valence-corrected chi connectivity index (χ2v) is 3.85. The van der Waals surface area contributed by atoms with E-state index in [-0.39, 0.29) is 24.3 Å². The molecule has 5 heteroatoms. The van der Waals surface area contributed by atoms with Crippen molar-refractivity contribution in [2.75, 3.05) is 13.2 Å². The zero-order valence-electron chi connectivity index (χ0n) is 8.86. The summed E-state index contributed by atoms with van der Waals surface area (Å²) in [6.07, 6.45) is 1.63. The fourth-order valence-electron chi connectivity index (χ4n) is 1.90. The van der Waals surface area contributed by atoms with Crippen LogP contribution in [-0.4, -0.2) is 36.2 Å². The van der Waals surface area contributed by atoms with E-state index in [9.17, 15) is 9.59 Å². The quantitative estimate of drug-likeness (QED) is 0.711. The van der Waals surface area contributed by atoms with Gasteiger partial charge in [0.2, 0.25) is 5.91 Å². The third-order valence-electron chi connectivity index (χ3n) is 2.62. The number of amides is 1. The average molecular weight is 215 g/mol. The first-order valence-corrected chi connectivity index (χ1v) is 5.16. The molecule has 1 unspecified atom stereocenters. The molecule has 0 radical (unpaired) electrons. The second kappa shape index (κ2) is 5.70. The van der Waals surface area contributed by atoms with Crippen molar-refractivity contribution < 1.29 is 19.4 Å². The zero-order valence-corrected chi connectivity index (χ0v) is 8.86. The van der Waals surface area contributed by atoms with E-state index in [0.717, 1.165) is 12.8 Å². The Balaban J connectivity index is 2.52. The van der Waals surface area contributed by atoms with Gasteiger partial charge in [0.05, 0.1) is 6.42 Å². The van der Waals surface area contributed by atoms with Crippen LogP contribution in [0.3, 0.4) is 0 Å². The predicted molar refractivity (Wildman–Crippen MR) is 53.4 cm³/mol. The van der Waals surface area contributed by atoms with Gasteiger partial charge in [0.25, 0.3) is 0 Å². The van der Waals surface area contributed by atoms with E-state index in [1.54, 1.807) is 0 Å². The molecule has 86 valence electrons. The number of hydrogen-bond acceptors (Lipinski definition) is 3. The molecule has 1 rings (SSSR count). The fourth-order valence-corrected chi connectivity index (χ4v) is 1.90. The van der Waals surface area contributed by atoms with E-state index in [2.05, 4.69) is 5.32 Å². The van der Waals surface area contributed by atoms with Crippen LogP contribution in [-0.2, 0) is 14.3 Å².